The van der Waals surface area contributed by atoms with Gasteiger partial charge in [0.15, 0.2) is 0 Å². The highest BCUT2D eigenvalue weighted by Gasteiger charge is 2.16. The van der Waals surface area contributed by atoms with Crippen molar-refractivity contribution in [2.75, 3.05) is 5.32 Å². The fraction of sp³-hybridized carbons (Fsp3) is 0. The highest BCUT2D eigenvalue weighted by molar-refractivity contribution is 7.13. The molecule has 2 nitrogen and oxygen atoms in total. The summed E-state index contributed by atoms with van der Waals surface area (Å²) in [5.41, 5.74) is 0.337. The fourth-order valence-corrected chi connectivity index (χ4v) is 3.03. The average Bonchev–Trinajstić information content (AvgIpc) is 3.05. The van der Waals surface area contributed by atoms with Crippen LogP contribution in [0.25, 0.3) is 10.4 Å². The largest absolute Gasteiger partial charge is 0.318 e. The zero-order valence-corrected chi connectivity index (χ0v) is 13.2. The van der Waals surface area contributed by atoms with E-state index in [2.05, 4.69) is 5.32 Å². The molecule has 0 saturated carbocycles. The fourth-order valence-electron chi connectivity index (χ4n) is 2.09. The highest BCUT2D eigenvalue weighted by atomic mass is 35.5. The van der Waals surface area contributed by atoms with E-state index in [1.165, 1.54) is 35.6 Å². The Labute approximate surface area is 140 Å². The molecule has 0 atom stereocenters. The molecule has 0 spiro atoms. The van der Waals surface area contributed by atoms with Crippen LogP contribution in [0.2, 0.25) is 5.02 Å². The maximum absolute atomic E-state index is 14.2. The van der Waals surface area contributed by atoms with Crippen LogP contribution < -0.4 is 5.32 Å². The van der Waals surface area contributed by atoms with Crippen molar-refractivity contribution in [1.82, 2.24) is 0 Å². The van der Waals surface area contributed by atoms with Crippen molar-refractivity contribution in [3.63, 3.8) is 0 Å². The number of carbonyl (C=O) groups is 1. The van der Waals surface area contributed by atoms with E-state index in [4.69, 9.17) is 11.6 Å². The first-order valence-electron chi connectivity index (χ1n) is 6.65. The minimum absolute atomic E-state index is 0.0500. The van der Waals surface area contributed by atoms with Gasteiger partial charge in [0.1, 0.15) is 11.6 Å². The van der Waals surface area contributed by atoms with Crippen molar-refractivity contribution in [3.8, 4) is 10.4 Å². The summed E-state index contributed by atoms with van der Waals surface area (Å²) in [5.74, 6) is -2.12. The lowest BCUT2D eigenvalue weighted by molar-refractivity contribution is 0.102. The third-order valence-electron chi connectivity index (χ3n) is 3.22. The Morgan fingerprint density at radius 3 is 2.52 bits per heavy atom. The number of amides is 1. The van der Waals surface area contributed by atoms with Gasteiger partial charge in [0, 0.05) is 4.88 Å². The number of rotatable bonds is 3. The van der Waals surface area contributed by atoms with E-state index in [0.717, 1.165) is 10.9 Å². The summed E-state index contributed by atoms with van der Waals surface area (Å²) >= 11 is 7.32. The van der Waals surface area contributed by atoms with E-state index in [1.54, 1.807) is 6.07 Å². The van der Waals surface area contributed by atoms with Crippen molar-refractivity contribution in [2.45, 2.75) is 0 Å². The maximum Gasteiger partial charge on any atom is 0.258 e. The zero-order valence-electron chi connectivity index (χ0n) is 11.6. The molecule has 0 aliphatic carbocycles. The van der Waals surface area contributed by atoms with E-state index in [9.17, 15) is 13.6 Å². The van der Waals surface area contributed by atoms with E-state index in [-0.39, 0.29) is 16.3 Å². The Kier molecular flexibility index (Phi) is 4.41. The van der Waals surface area contributed by atoms with Gasteiger partial charge < -0.3 is 5.32 Å². The van der Waals surface area contributed by atoms with E-state index in [0.29, 0.717) is 5.56 Å². The van der Waals surface area contributed by atoms with Gasteiger partial charge >= 0.3 is 0 Å². The maximum atomic E-state index is 14.2. The van der Waals surface area contributed by atoms with Crippen LogP contribution in [0.1, 0.15) is 10.4 Å². The molecule has 2 aromatic carbocycles. The Morgan fingerprint density at radius 2 is 1.87 bits per heavy atom. The first-order valence-corrected chi connectivity index (χ1v) is 7.91. The van der Waals surface area contributed by atoms with E-state index in [1.807, 2.05) is 17.5 Å². The smallest absolute Gasteiger partial charge is 0.258 e. The molecule has 1 amide bonds. The Bertz CT molecular complexity index is 845. The lowest BCUT2D eigenvalue weighted by Crippen LogP contribution is -2.15. The predicted molar refractivity (Wildman–Crippen MR) is 89.1 cm³/mol. The monoisotopic (exact) mass is 349 g/mol. The van der Waals surface area contributed by atoms with E-state index >= 15 is 0 Å². The summed E-state index contributed by atoms with van der Waals surface area (Å²) in [4.78, 5) is 13.1. The second-order valence-electron chi connectivity index (χ2n) is 4.72. The molecule has 1 N–H and O–H groups in total. The molecule has 0 bridgehead atoms. The van der Waals surface area contributed by atoms with Crippen LogP contribution in [0.3, 0.4) is 0 Å². The van der Waals surface area contributed by atoms with Crippen molar-refractivity contribution in [2.24, 2.45) is 0 Å². The molecular formula is C17H10ClF2NOS. The van der Waals surface area contributed by atoms with Crippen LogP contribution in [-0.2, 0) is 0 Å². The molecule has 6 heteroatoms. The van der Waals surface area contributed by atoms with Gasteiger partial charge in [-0.2, -0.15) is 0 Å². The zero-order chi connectivity index (χ0) is 16.4. The van der Waals surface area contributed by atoms with Crippen LogP contribution in [0.5, 0.6) is 0 Å². The van der Waals surface area contributed by atoms with Gasteiger partial charge in [-0.15, -0.1) is 11.3 Å². The number of carbonyl (C=O) groups excluding carboxylic acids is 1. The summed E-state index contributed by atoms with van der Waals surface area (Å²) < 4.78 is 27.9. The number of hydrogen-bond acceptors (Lipinski definition) is 2. The average molecular weight is 350 g/mol. The first-order chi connectivity index (χ1) is 11.1. The number of nitrogens with one attached hydrogen (secondary N) is 1. The molecule has 1 aromatic heterocycles. The molecule has 3 aromatic rings. The molecule has 23 heavy (non-hydrogen) atoms. The van der Waals surface area contributed by atoms with Gasteiger partial charge in [-0.25, -0.2) is 8.78 Å². The minimum atomic E-state index is -0.757. The number of hydrogen-bond donors (Lipinski definition) is 1. The third-order valence-corrected chi connectivity index (χ3v) is 4.45. The number of anilines is 1. The van der Waals surface area contributed by atoms with E-state index < -0.39 is 17.5 Å². The van der Waals surface area contributed by atoms with Gasteiger partial charge in [-0.1, -0.05) is 29.8 Å². The Balaban J connectivity index is 1.88. The third kappa shape index (κ3) is 3.25. The van der Waals surface area contributed by atoms with Crippen LogP contribution in [0, 0.1) is 11.6 Å². The number of para-hydroxylation sites is 1. The SMILES string of the molecule is O=C(Nc1c(F)cccc1Cl)c1ccc(-c2cccs2)cc1F. The number of benzene rings is 2. The van der Waals surface area contributed by atoms with Crippen LogP contribution in [-0.4, -0.2) is 5.91 Å². The van der Waals surface area contributed by atoms with Gasteiger partial charge in [-0.3, -0.25) is 4.79 Å². The molecule has 0 saturated heterocycles. The Hall–Kier alpha value is -2.24. The standard InChI is InChI=1S/C17H10ClF2NOS/c18-12-3-1-4-13(19)16(12)21-17(22)11-7-6-10(9-14(11)20)15-5-2-8-23-15/h1-9H,(H,21,22). The topological polar surface area (TPSA) is 29.1 Å². The summed E-state index contributed by atoms with van der Waals surface area (Å²) in [5, 5.41) is 4.24. The van der Waals surface area contributed by atoms with Crippen molar-refractivity contribution >= 4 is 34.5 Å². The van der Waals surface area contributed by atoms with Gasteiger partial charge in [0.05, 0.1) is 16.3 Å². The van der Waals surface area contributed by atoms with Gasteiger partial charge in [0.25, 0.3) is 5.91 Å². The molecular weight excluding hydrogens is 340 g/mol. The second-order valence-corrected chi connectivity index (χ2v) is 6.08. The Morgan fingerprint density at radius 1 is 1.04 bits per heavy atom. The molecule has 3 rings (SSSR count). The molecule has 0 radical (unpaired) electrons. The number of halogens is 3. The summed E-state index contributed by atoms with van der Waals surface area (Å²) in [6, 6.07) is 12.0. The highest BCUT2D eigenvalue weighted by Crippen LogP contribution is 2.28. The molecule has 1 heterocycles. The lowest BCUT2D eigenvalue weighted by Gasteiger charge is -2.09. The number of thiophene rings is 1. The van der Waals surface area contributed by atoms with Crippen LogP contribution >= 0.6 is 22.9 Å². The summed E-state index contributed by atoms with van der Waals surface area (Å²) in [6.45, 7) is 0. The second kappa shape index (κ2) is 6.48. The normalized spacial score (nSPS) is 10.6. The van der Waals surface area contributed by atoms with Crippen molar-refractivity contribution in [1.29, 1.82) is 0 Å². The quantitative estimate of drug-likeness (QED) is 0.655. The van der Waals surface area contributed by atoms with Crippen molar-refractivity contribution in [3.05, 3.63) is 76.1 Å². The van der Waals surface area contributed by atoms with Gasteiger partial charge in [0.2, 0.25) is 0 Å². The van der Waals surface area contributed by atoms with Crippen LogP contribution in [0.4, 0.5) is 14.5 Å². The van der Waals surface area contributed by atoms with Gasteiger partial charge in [-0.05, 0) is 41.3 Å². The molecule has 116 valence electrons. The van der Waals surface area contributed by atoms with Crippen molar-refractivity contribution < 1.29 is 13.6 Å². The van der Waals surface area contributed by atoms with Crippen LogP contribution in [0.15, 0.2) is 53.9 Å². The summed E-state index contributed by atoms with van der Waals surface area (Å²) in [6.07, 6.45) is 0. The lowest BCUT2D eigenvalue weighted by atomic mass is 10.1. The molecule has 0 fully saturated rings. The summed E-state index contributed by atoms with van der Waals surface area (Å²) in [7, 11) is 0. The molecule has 0 aliphatic rings. The molecule has 0 aliphatic heterocycles. The molecule has 0 unspecified atom stereocenters. The minimum Gasteiger partial charge on any atom is -0.318 e. The predicted octanol–water partition coefficient (Wildman–Crippen LogP) is 5.60. The first kappa shape index (κ1) is 15.6.